The van der Waals surface area contributed by atoms with Crippen LogP contribution >= 0.6 is 0 Å². The number of anilines is 1. The quantitative estimate of drug-likeness (QED) is 0.630. The molecule has 0 unspecified atom stereocenters. The van der Waals surface area contributed by atoms with Crippen LogP contribution in [-0.2, 0) is 10.9 Å². The molecular formula is C18H17F3N4O3. The van der Waals surface area contributed by atoms with Gasteiger partial charge >= 0.3 is 6.18 Å². The minimum atomic E-state index is -4.49. The van der Waals surface area contributed by atoms with E-state index in [9.17, 15) is 23.4 Å². The summed E-state index contributed by atoms with van der Waals surface area (Å²) < 4.78 is 46.6. The number of alkyl halides is 3. The predicted molar refractivity (Wildman–Crippen MR) is 94.0 cm³/mol. The highest BCUT2D eigenvalue weighted by molar-refractivity contribution is 6.00. The van der Waals surface area contributed by atoms with Crippen molar-refractivity contribution in [1.29, 1.82) is 0 Å². The van der Waals surface area contributed by atoms with Crippen LogP contribution in [0.5, 0.6) is 0 Å². The number of aliphatic hydroxyl groups is 2. The number of fused-ring (bicyclic) bond motifs is 1. The van der Waals surface area contributed by atoms with Crippen molar-refractivity contribution in [3.05, 3.63) is 42.4 Å². The second-order valence-corrected chi connectivity index (χ2v) is 6.62. The number of nitrogens with zero attached hydrogens (tertiary/aromatic N) is 3. The number of ether oxygens (including phenoxy) is 1. The number of benzene rings is 1. The molecule has 1 saturated heterocycles. The molecule has 0 amide bonds. The Hall–Kier alpha value is -2.69. The average Bonchev–Trinajstić information content (AvgIpc) is 3.22. The molecule has 0 radical (unpaired) electrons. The van der Waals surface area contributed by atoms with E-state index in [1.165, 1.54) is 23.0 Å². The molecule has 2 aromatic heterocycles. The summed E-state index contributed by atoms with van der Waals surface area (Å²) >= 11 is 0. The average molecular weight is 394 g/mol. The van der Waals surface area contributed by atoms with Crippen molar-refractivity contribution in [2.24, 2.45) is 0 Å². The summed E-state index contributed by atoms with van der Waals surface area (Å²) in [6, 6.07) is 4.85. The van der Waals surface area contributed by atoms with Gasteiger partial charge in [-0.25, -0.2) is 9.97 Å². The Labute approximate surface area is 157 Å². The molecule has 148 valence electrons. The smallest absolute Gasteiger partial charge is 0.394 e. The molecule has 4 N–H and O–H groups in total. The molecule has 0 spiro atoms. The van der Waals surface area contributed by atoms with E-state index in [4.69, 9.17) is 10.5 Å². The summed E-state index contributed by atoms with van der Waals surface area (Å²) in [5.74, 6) is 0.0994. The van der Waals surface area contributed by atoms with Crippen molar-refractivity contribution in [1.82, 2.24) is 14.5 Å². The Bertz CT molecular complexity index is 1020. The zero-order valence-electron chi connectivity index (χ0n) is 14.5. The van der Waals surface area contributed by atoms with Gasteiger partial charge in [-0.1, -0.05) is 12.1 Å². The number of halogens is 3. The zero-order valence-corrected chi connectivity index (χ0v) is 14.5. The van der Waals surface area contributed by atoms with Crippen molar-refractivity contribution in [3.8, 4) is 11.1 Å². The van der Waals surface area contributed by atoms with Crippen LogP contribution < -0.4 is 5.73 Å². The van der Waals surface area contributed by atoms with Crippen LogP contribution in [0.15, 0.2) is 36.8 Å². The summed E-state index contributed by atoms with van der Waals surface area (Å²) in [6.45, 7) is -0.260. The molecule has 4 rings (SSSR count). The van der Waals surface area contributed by atoms with E-state index in [-0.39, 0.29) is 24.4 Å². The molecule has 1 aliphatic rings. The highest BCUT2D eigenvalue weighted by atomic mass is 19.4. The van der Waals surface area contributed by atoms with Gasteiger partial charge in [-0.05, 0) is 17.7 Å². The fraction of sp³-hybridized carbons (Fsp3) is 0.333. The number of aromatic nitrogens is 3. The van der Waals surface area contributed by atoms with Gasteiger partial charge in [0.25, 0.3) is 0 Å². The first-order chi connectivity index (χ1) is 13.3. The summed E-state index contributed by atoms with van der Waals surface area (Å²) in [5.41, 5.74) is 6.19. The second-order valence-electron chi connectivity index (χ2n) is 6.62. The first-order valence-electron chi connectivity index (χ1n) is 8.52. The van der Waals surface area contributed by atoms with Gasteiger partial charge in [-0.2, -0.15) is 13.2 Å². The van der Waals surface area contributed by atoms with E-state index >= 15 is 0 Å². The van der Waals surface area contributed by atoms with Crippen molar-refractivity contribution < 1.29 is 28.1 Å². The molecule has 7 nitrogen and oxygen atoms in total. The fourth-order valence-electron chi connectivity index (χ4n) is 3.48. The van der Waals surface area contributed by atoms with Crippen LogP contribution in [0.1, 0.15) is 18.2 Å². The Kier molecular flexibility index (Phi) is 4.48. The molecule has 1 aliphatic heterocycles. The zero-order chi connectivity index (χ0) is 20.1. The standard InChI is InChI=1S/C18H17F3N4O3/c19-18(20,21)10-3-1-2-9(4-10)12-6-25(16-14(12)15(22)23-8-24-16)17-13(27)5-11(7-26)28-17/h1-4,6,8,11,13,17,26-27H,5,7H2,(H2,22,23,24)/t11-,13+,17+/m0/s1. The number of nitrogens with two attached hydrogens (primary N) is 1. The van der Waals surface area contributed by atoms with Gasteiger partial charge < -0.3 is 25.3 Å². The molecule has 0 bridgehead atoms. The molecule has 10 heteroatoms. The molecule has 3 atom stereocenters. The maximum Gasteiger partial charge on any atom is 0.416 e. The van der Waals surface area contributed by atoms with Crippen LogP contribution in [0.4, 0.5) is 19.0 Å². The second kappa shape index (κ2) is 6.73. The third-order valence-corrected chi connectivity index (χ3v) is 4.78. The number of rotatable bonds is 3. The Morgan fingerprint density at radius 3 is 2.75 bits per heavy atom. The topological polar surface area (TPSA) is 106 Å². The first-order valence-corrected chi connectivity index (χ1v) is 8.52. The molecular weight excluding hydrogens is 377 g/mol. The van der Waals surface area contributed by atoms with Gasteiger partial charge in [0.2, 0.25) is 0 Å². The van der Waals surface area contributed by atoms with Crippen molar-refractivity contribution >= 4 is 16.9 Å². The van der Waals surface area contributed by atoms with E-state index in [0.29, 0.717) is 16.6 Å². The molecule has 0 aliphatic carbocycles. The Morgan fingerprint density at radius 2 is 2.07 bits per heavy atom. The number of hydrogen-bond donors (Lipinski definition) is 3. The normalized spacial score (nSPS) is 22.8. The lowest BCUT2D eigenvalue weighted by Crippen LogP contribution is -2.19. The van der Waals surface area contributed by atoms with Gasteiger partial charge in [-0.15, -0.1) is 0 Å². The summed E-state index contributed by atoms with van der Waals surface area (Å²) in [7, 11) is 0. The lowest BCUT2D eigenvalue weighted by Gasteiger charge is -2.17. The van der Waals surface area contributed by atoms with Gasteiger partial charge in [0.1, 0.15) is 23.9 Å². The monoisotopic (exact) mass is 394 g/mol. The molecule has 0 saturated carbocycles. The van der Waals surface area contributed by atoms with Crippen molar-refractivity contribution in [2.75, 3.05) is 12.3 Å². The van der Waals surface area contributed by atoms with Crippen LogP contribution in [0, 0.1) is 0 Å². The molecule has 1 aromatic carbocycles. The van der Waals surface area contributed by atoms with Crippen molar-refractivity contribution in [3.63, 3.8) is 0 Å². The summed E-state index contributed by atoms with van der Waals surface area (Å²) in [4.78, 5) is 8.13. The third-order valence-electron chi connectivity index (χ3n) is 4.78. The van der Waals surface area contributed by atoms with E-state index in [2.05, 4.69) is 9.97 Å². The van der Waals surface area contributed by atoms with E-state index in [1.54, 1.807) is 6.20 Å². The molecule has 3 aromatic rings. The van der Waals surface area contributed by atoms with Crippen molar-refractivity contribution in [2.45, 2.75) is 31.0 Å². The number of nitrogen functional groups attached to an aromatic ring is 1. The highest BCUT2D eigenvalue weighted by Gasteiger charge is 2.36. The first kappa shape index (κ1) is 18.7. The Balaban J connectivity index is 1.89. The van der Waals surface area contributed by atoms with E-state index < -0.39 is 30.2 Å². The van der Waals surface area contributed by atoms with E-state index in [1.807, 2.05) is 0 Å². The van der Waals surface area contributed by atoms with Crippen LogP contribution in [-0.4, -0.2) is 43.6 Å². The maximum atomic E-state index is 13.1. The lowest BCUT2D eigenvalue weighted by molar-refractivity contribution is -0.137. The van der Waals surface area contributed by atoms with Crippen LogP contribution in [0.25, 0.3) is 22.2 Å². The fourth-order valence-corrected chi connectivity index (χ4v) is 3.48. The highest BCUT2D eigenvalue weighted by Crippen LogP contribution is 2.39. The van der Waals surface area contributed by atoms with Crippen LogP contribution in [0.3, 0.4) is 0 Å². The van der Waals surface area contributed by atoms with Crippen LogP contribution in [0.2, 0.25) is 0 Å². The molecule has 1 fully saturated rings. The van der Waals surface area contributed by atoms with Gasteiger partial charge in [0, 0.05) is 18.2 Å². The van der Waals surface area contributed by atoms with Gasteiger partial charge in [0.15, 0.2) is 6.23 Å². The minimum Gasteiger partial charge on any atom is -0.394 e. The largest absolute Gasteiger partial charge is 0.416 e. The minimum absolute atomic E-state index is 0.0994. The maximum absolute atomic E-state index is 13.1. The SMILES string of the molecule is Nc1ncnc2c1c(-c1cccc(C(F)(F)F)c1)cn2[C@@H]1O[C@H](CO)C[C@H]1O. The Morgan fingerprint density at radius 1 is 1.29 bits per heavy atom. The molecule has 28 heavy (non-hydrogen) atoms. The number of hydrogen-bond acceptors (Lipinski definition) is 6. The summed E-state index contributed by atoms with van der Waals surface area (Å²) in [5, 5.41) is 20.0. The van der Waals surface area contributed by atoms with E-state index in [0.717, 1.165) is 12.1 Å². The third kappa shape index (κ3) is 3.09. The van der Waals surface area contributed by atoms with Gasteiger partial charge in [0.05, 0.1) is 23.7 Å². The molecule has 3 heterocycles. The summed E-state index contributed by atoms with van der Waals surface area (Å²) in [6.07, 6.45) is -3.82. The number of aliphatic hydroxyl groups excluding tert-OH is 2. The van der Waals surface area contributed by atoms with Gasteiger partial charge in [-0.3, -0.25) is 0 Å². The predicted octanol–water partition coefficient (Wildman–Crippen LogP) is 2.34. The lowest BCUT2D eigenvalue weighted by atomic mass is 10.0.